The molecule has 3 N–H and O–H groups in total. The maximum absolute atomic E-state index is 12.6. The van der Waals surface area contributed by atoms with Gasteiger partial charge in [0.05, 0.1) is 18.1 Å². The summed E-state index contributed by atoms with van der Waals surface area (Å²) in [6.45, 7) is 0.277. The zero-order valence-electron chi connectivity index (χ0n) is 17.6. The Labute approximate surface area is 194 Å². The number of methoxy groups -OCH3 is 1. The van der Waals surface area contributed by atoms with E-state index in [9.17, 15) is 14.7 Å². The number of aromatic nitrogens is 2. The van der Waals surface area contributed by atoms with Crippen LogP contribution in [0.25, 0.3) is 22.9 Å². The van der Waals surface area contributed by atoms with E-state index in [1.165, 1.54) is 6.08 Å². The molecular weight excluding hydrogens is 442 g/mol. The molecule has 0 saturated carbocycles. The Balaban J connectivity index is 1.56. The van der Waals surface area contributed by atoms with Gasteiger partial charge in [-0.05, 0) is 54.1 Å². The SMILES string of the molecule is COc1ccc(/C(O)=C/c2nc3ccc(C(=O)NCc4ccccc4Cl)cc3[nH]c2=O)cc1. The van der Waals surface area contributed by atoms with Crippen LogP contribution < -0.4 is 15.6 Å². The number of hydrogen-bond donors (Lipinski definition) is 3. The molecule has 4 aromatic rings. The average molecular weight is 462 g/mol. The number of ether oxygens (including phenoxy) is 1. The standard InChI is InChI=1S/C25H20ClN3O4/c1-33-18-9-6-15(7-10-18)23(30)13-22-25(32)29-21-12-16(8-11-20(21)28-22)24(31)27-14-17-4-2-3-5-19(17)26/h2-13,30H,14H2,1H3,(H,27,31)(H,29,32)/b23-13-. The van der Waals surface area contributed by atoms with Crippen molar-refractivity contribution in [3.8, 4) is 5.75 Å². The first-order valence-corrected chi connectivity index (χ1v) is 10.4. The topological polar surface area (TPSA) is 104 Å². The molecule has 33 heavy (non-hydrogen) atoms. The van der Waals surface area contributed by atoms with Crippen molar-refractivity contribution in [2.24, 2.45) is 0 Å². The van der Waals surface area contributed by atoms with Gasteiger partial charge < -0.3 is 20.1 Å². The molecule has 1 amide bonds. The Kier molecular flexibility index (Phi) is 6.42. The fourth-order valence-corrected chi connectivity index (χ4v) is 3.44. The number of nitrogens with one attached hydrogen (secondary N) is 2. The first-order valence-electron chi connectivity index (χ1n) is 10.1. The van der Waals surface area contributed by atoms with Crippen molar-refractivity contribution in [3.63, 3.8) is 0 Å². The van der Waals surface area contributed by atoms with Gasteiger partial charge in [0.15, 0.2) is 0 Å². The van der Waals surface area contributed by atoms with Crippen molar-refractivity contribution in [1.29, 1.82) is 0 Å². The zero-order valence-corrected chi connectivity index (χ0v) is 18.4. The maximum atomic E-state index is 12.6. The number of benzene rings is 3. The number of fused-ring (bicyclic) bond motifs is 1. The summed E-state index contributed by atoms with van der Waals surface area (Å²) in [4.78, 5) is 32.1. The lowest BCUT2D eigenvalue weighted by Crippen LogP contribution is -2.23. The van der Waals surface area contributed by atoms with Gasteiger partial charge in [0.1, 0.15) is 17.2 Å². The monoisotopic (exact) mass is 461 g/mol. The van der Waals surface area contributed by atoms with Crippen LogP contribution in [-0.2, 0) is 6.54 Å². The predicted octanol–water partition coefficient (Wildman–Crippen LogP) is 4.57. The summed E-state index contributed by atoms with van der Waals surface area (Å²) >= 11 is 6.13. The third-order valence-electron chi connectivity index (χ3n) is 5.04. The van der Waals surface area contributed by atoms with Crippen LogP contribution in [-0.4, -0.2) is 28.1 Å². The normalized spacial score (nSPS) is 11.4. The molecule has 4 rings (SSSR count). The zero-order chi connectivity index (χ0) is 23.4. The van der Waals surface area contributed by atoms with Crippen molar-refractivity contribution < 1.29 is 14.6 Å². The van der Waals surface area contributed by atoms with Crippen molar-refractivity contribution >= 4 is 40.4 Å². The lowest BCUT2D eigenvalue weighted by Gasteiger charge is -2.08. The minimum Gasteiger partial charge on any atom is -0.507 e. The molecule has 0 spiro atoms. The Morgan fingerprint density at radius 3 is 2.58 bits per heavy atom. The number of hydrogen-bond acceptors (Lipinski definition) is 5. The lowest BCUT2D eigenvalue weighted by atomic mass is 10.1. The van der Waals surface area contributed by atoms with Crippen molar-refractivity contribution in [2.75, 3.05) is 7.11 Å². The van der Waals surface area contributed by atoms with Crippen LogP contribution in [0.5, 0.6) is 5.75 Å². The fourth-order valence-electron chi connectivity index (χ4n) is 3.23. The van der Waals surface area contributed by atoms with E-state index in [4.69, 9.17) is 16.3 Å². The number of rotatable bonds is 6. The first-order chi connectivity index (χ1) is 15.9. The van der Waals surface area contributed by atoms with Crippen LogP contribution in [0, 0.1) is 0 Å². The largest absolute Gasteiger partial charge is 0.507 e. The Hall–Kier alpha value is -4.10. The van der Waals surface area contributed by atoms with E-state index in [-0.39, 0.29) is 23.9 Å². The van der Waals surface area contributed by atoms with Crippen LogP contribution in [0.3, 0.4) is 0 Å². The number of aliphatic hydroxyl groups is 1. The molecule has 0 fully saturated rings. The van der Waals surface area contributed by atoms with Gasteiger partial charge in [-0.25, -0.2) is 4.98 Å². The van der Waals surface area contributed by atoms with E-state index in [1.807, 2.05) is 18.2 Å². The number of aliphatic hydroxyl groups excluding tert-OH is 1. The molecule has 0 aliphatic rings. The molecular formula is C25H20ClN3O4. The van der Waals surface area contributed by atoms with E-state index in [0.29, 0.717) is 32.9 Å². The quantitative estimate of drug-likeness (QED) is 0.365. The van der Waals surface area contributed by atoms with Crippen LogP contribution in [0.4, 0.5) is 0 Å². The molecule has 0 aliphatic carbocycles. The van der Waals surface area contributed by atoms with Gasteiger partial charge in [-0.15, -0.1) is 0 Å². The van der Waals surface area contributed by atoms with E-state index >= 15 is 0 Å². The molecule has 0 bridgehead atoms. The molecule has 0 saturated heterocycles. The van der Waals surface area contributed by atoms with Crippen LogP contribution in [0.2, 0.25) is 5.02 Å². The van der Waals surface area contributed by atoms with Crippen LogP contribution in [0.1, 0.15) is 27.2 Å². The van der Waals surface area contributed by atoms with Crippen molar-refractivity contribution in [3.05, 3.63) is 104 Å². The molecule has 1 heterocycles. The predicted molar refractivity (Wildman–Crippen MR) is 128 cm³/mol. The lowest BCUT2D eigenvalue weighted by molar-refractivity contribution is 0.0951. The number of amides is 1. The van der Waals surface area contributed by atoms with Crippen LogP contribution >= 0.6 is 11.6 Å². The smallest absolute Gasteiger partial charge is 0.274 e. The summed E-state index contributed by atoms with van der Waals surface area (Å²) in [5, 5.41) is 13.8. The minimum atomic E-state index is -0.490. The molecule has 0 atom stereocenters. The second-order valence-electron chi connectivity index (χ2n) is 7.22. The Morgan fingerprint density at radius 1 is 1.12 bits per heavy atom. The van der Waals surface area contributed by atoms with Crippen molar-refractivity contribution in [2.45, 2.75) is 6.54 Å². The van der Waals surface area contributed by atoms with E-state index < -0.39 is 5.56 Å². The number of nitrogens with zero attached hydrogens (tertiary/aromatic N) is 1. The first kappa shape index (κ1) is 22.1. The molecule has 166 valence electrons. The summed E-state index contributed by atoms with van der Waals surface area (Å²) in [6, 6.07) is 18.8. The van der Waals surface area contributed by atoms with Gasteiger partial charge >= 0.3 is 0 Å². The molecule has 0 radical (unpaired) electrons. The molecule has 1 aromatic heterocycles. The summed E-state index contributed by atoms with van der Waals surface area (Å²) in [5.74, 6) is 0.240. The minimum absolute atomic E-state index is 0.0479. The number of halogens is 1. The highest BCUT2D eigenvalue weighted by atomic mass is 35.5. The average Bonchev–Trinajstić information content (AvgIpc) is 2.83. The van der Waals surface area contributed by atoms with Gasteiger partial charge in [0.25, 0.3) is 11.5 Å². The second-order valence-corrected chi connectivity index (χ2v) is 7.62. The second kappa shape index (κ2) is 9.58. The van der Waals surface area contributed by atoms with Gasteiger partial charge in [-0.3, -0.25) is 9.59 Å². The van der Waals surface area contributed by atoms with Gasteiger partial charge in [0, 0.05) is 28.8 Å². The number of H-pyrrole nitrogens is 1. The van der Waals surface area contributed by atoms with Gasteiger partial charge in [0.2, 0.25) is 0 Å². The third kappa shape index (κ3) is 5.05. The highest BCUT2D eigenvalue weighted by molar-refractivity contribution is 6.31. The summed E-state index contributed by atoms with van der Waals surface area (Å²) in [5.41, 5.74) is 2.14. The van der Waals surface area contributed by atoms with E-state index in [0.717, 1.165) is 5.56 Å². The van der Waals surface area contributed by atoms with Crippen molar-refractivity contribution in [1.82, 2.24) is 15.3 Å². The van der Waals surface area contributed by atoms with E-state index in [1.54, 1.807) is 55.6 Å². The summed E-state index contributed by atoms with van der Waals surface area (Å²) in [6.07, 6.45) is 1.30. The Bertz CT molecular complexity index is 1410. The molecule has 8 heteroatoms. The fraction of sp³-hybridized carbons (Fsp3) is 0.0800. The highest BCUT2D eigenvalue weighted by Crippen LogP contribution is 2.19. The molecule has 0 aliphatic heterocycles. The Morgan fingerprint density at radius 2 is 1.85 bits per heavy atom. The van der Waals surface area contributed by atoms with E-state index in [2.05, 4.69) is 15.3 Å². The molecule has 7 nitrogen and oxygen atoms in total. The maximum Gasteiger partial charge on any atom is 0.274 e. The molecule has 3 aromatic carbocycles. The number of carbonyl (C=O) groups excluding carboxylic acids is 1. The summed E-state index contributed by atoms with van der Waals surface area (Å²) in [7, 11) is 1.55. The summed E-state index contributed by atoms with van der Waals surface area (Å²) < 4.78 is 5.10. The third-order valence-corrected chi connectivity index (χ3v) is 5.41. The van der Waals surface area contributed by atoms with Gasteiger partial charge in [-0.2, -0.15) is 0 Å². The van der Waals surface area contributed by atoms with Crippen LogP contribution in [0.15, 0.2) is 71.5 Å². The molecule has 0 unspecified atom stereocenters. The highest BCUT2D eigenvalue weighted by Gasteiger charge is 2.11. The van der Waals surface area contributed by atoms with Gasteiger partial charge in [-0.1, -0.05) is 29.8 Å². The number of aromatic amines is 1. The number of carbonyl (C=O) groups is 1.